The molecule has 0 spiro atoms. The van der Waals surface area contributed by atoms with E-state index in [-0.39, 0.29) is 0 Å². The smallest absolute Gasteiger partial charge is 0.0562 e. The Labute approximate surface area is 327 Å². The van der Waals surface area contributed by atoms with E-state index in [4.69, 9.17) is 0 Å². The van der Waals surface area contributed by atoms with Gasteiger partial charge in [-0.3, -0.25) is 0 Å². The molecule has 0 amide bonds. The summed E-state index contributed by atoms with van der Waals surface area (Å²) in [6, 6.07) is 83.0. The Balaban J connectivity index is 1.19. The minimum atomic E-state index is 1.08. The Kier molecular flexibility index (Phi) is 8.55. The Bertz CT molecular complexity index is 2940. The monoisotopic (exact) mass is 714 g/mol. The molecule has 0 N–H and O–H groups in total. The maximum absolute atomic E-state index is 2.45. The molecule has 10 rings (SSSR count). The first-order chi connectivity index (χ1) is 27.8. The van der Waals surface area contributed by atoms with Crippen molar-refractivity contribution in [2.45, 2.75) is 0 Å². The number of hydrogen-bond donors (Lipinski definition) is 0. The van der Waals surface area contributed by atoms with Crippen LogP contribution in [0, 0.1) is 0 Å². The van der Waals surface area contributed by atoms with Gasteiger partial charge in [-0.15, -0.1) is 0 Å². The van der Waals surface area contributed by atoms with Crippen molar-refractivity contribution < 1.29 is 0 Å². The average molecular weight is 715 g/mol. The maximum atomic E-state index is 2.45. The van der Waals surface area contributed by atoms with Gasteiger partial charge in [0.15, 0.2) is 0 Å². The molecule has 1 aromatic heterocycles. The van der Waals surface area contributed by atoms with Gasteiger partial charge >= 0.3 is 0 Å². The molecule has 0 radical (unpaired) electrons. The van der Waals surface area contributed by atoms with Gasteiger partial charge in [-0.05, 0) is 75.8 Å². The highest BCUT2D eigenvalue weighted by molar-refractivity contribution is 6.11. The van der Waals surface area contributed by atoms with E-state index >= 15 is 0 Å². The molecule has 0 atom stereocenters. The second-order valence-electron chi connectivity index (χ2n) is 14.1. The molecule has 2 nitrogen and oxygen atoms in total. The molecular formula is C54H38N2. The maximum Gasteiger partial charge on any atom is 0.0562 e. The molecule has 1 heterocycles. The van der Waals surface area contributed by atoms with Gasteiger partial charge in [0.1, 0.15) is 0 Å². The van der Waals surface area contributed by atoms with Crippen LogP contribution in [0.3, 0.4) is 0 Å². The third-order valence-corrected chi connectivity index (χ3v) is 10.8. The van der Waals surface area contributed by atoms with Crippen LogP contribution in [0.25, 0.3) is 72.0 Å². The van der Waals surface area contributed by atoms with E-state index in [1.807, 2.05) is 0 Å². The average Bonchev–Trinajstić information content (AvgIpc) is 3.61. The first-order valence-corrected chi connectivity index (χ1v) is 19.2. The third kappa shape index (κ3) is 5.95. The fraction of sp³-hybridized carbons (Fsp3) is 0. The fourth-order valence-electron chi connectivity index (χ4n) is 8.24. The van der Waals surface area contributed by atoms with Crippen LogP contribution in [0.5, 0.6) is 0 Å². The Hall–Kier alpha value is -7.42. The van der Waals surface area contributed by atoms with E-state index in [1.165, 1.54) is 60.8 Å². The Morgan fingerprint density at radius 1 is 0.286 bits per heavy atom. The normalized spacial score (nSPS) is 11.2. The summed E-state index contributed by atoms with van der Waals surface area (Å²) in [5, 5.41) is 2.45. The number of rotatable bonds is 8. The van der Waals surface area contributed by atoms with Gasteiger partial charge in [0.05, 0.1) is 22.4 Å². The number of hydrogen-bond acceptors (Lipinski definition) is 1. The summed E-state index contributed by atoms with van der Waals surface area (Å²) < 4.78 is 2.45. The minimum absolute atomic E-state index is 1.08. The summed E-state index contributed by atoms with van der Waals surface area (Å²) in [4.78, 5) is 2.42. The molecule has 9 aromatic carbocycles. The highest BCUT2D eigenvalue weighted by Gasteiger charge is 2.21. The quantitative estimate of drug-likeness (QED) is 0.152. The minimum Gasteiger partial charge on any atom is -0.310 e. The lowest BCUT2D eigenvalue weighted by atomic mass is 9.94. The molecular weight excluding hydrogens is 677 g/mol. The number of nitrogens with zero attached hydrogens (tertiary/aromatic N) is 2. The van der Waals surface area contributed by atoms with Gasteiger partial charge in [0, 0.05) is 33.3 Å². The Morgan fingerprint density at radius 3 is 1.39 bits per heavy atom. The van der Waals surface area contributed by atoms with E-state index in [0.29, 0.717) is 0 Å². The second kappa shape index (κ2) is 14.4. The number of fused-ring (bicyclic) bond motifs is 3. The van der Waals surface area contributed by atoms with Gasteiger partial charge in [-0.25, -0.2) is 0 Å². The van der Waals surface area contributed by atoms with Gasteiger partial charge in [-0.2, -0.15) is 0 Å². The molecule has 0 aliphatic rings. The molecule has 0 aliphatic heterocycles. The zero-order valence-corrected chi connectivity index (χ0v) is 30.8. The van der Waals surface area contributed by atoms with E-state index in [2.05, 4.69) is 240 Å². The summed E-state index contributed by atoms with van der Waals surface area (Å²) in [6.45, 7) is 0. The van der Waals surface area contributed by atoms with Crippen LogP contribution in [0.4, 0.5) is 17.1 Å². The number of aromatic nitrogens is 1. The molecule has 0 bridgehead atoms. The van der Waals surface area contributed by atoms with Crippen molar-refractivity contribution >= 4 is 38.9 Å². The zero-order valence-electron chi connectivity index (χ0n) is 30.8. The van der Waals surface area contributed by atoms with Gasteiger partial charge in [0.25, 0.3) is 0 Å². The first-order valence-electron chi connectivity index (χ1n) is 19.2. The molecule has 0 unspecified atom stereocenters. The van der Waals surface area contributed by atoms with Crippen LogP contribution < -0.4 is 4.90 Å². The van der Waals surface area contributed by atoms with Crippen molar-refractivity contribution in [3.63, 3.8) is 0 Å². The van der Waals surface area contributed by atoms with E-state index < -0.39 is 0 Å². The molecule has 0 aliphatic carbocycles. The van der Waals surface area contributed by atoms with Crippen molar-refractivity contribution in [1.29, 1.82) is 0 Å². The zero-order chi connectivity index (χ0) is 37.3. The number of para-hydroxylation sites is 3. The van der Waals surface area contributed by atoms with Crippen molar-refractivity contribution in [2.75, 3.05) is 4.90 Å². The molecule has 0 saturated heterocycles. The highest BCUT2D eigenvalue weighted by atomic mass is 15.1. The number of benzene rings is 9. The first kappa shape index (κ1) is 33.2. The van der Waals surface area contributed by atoms with Crippen LogP contribution >= 0.6 is 0 Å². The second-order valence-corrected chi connectivity index (χ2v) is 14.1. The molecule has 56 heavy (non-hydrogen) atoms. The lowest BCUT2D eigenvalue weighted by Crippen LogP contribution is -2.11. The molecule has 2 heteroatoms. The van der Waals surface area contributed by atoms with Crippen LogP contribution in [0.2, 0.25) is 0 Å². The van der Waals surface area contributed by atoms with E-state index in [1.54, 1.807) is 0 Å². The summed E-state index contributed by atoms with van der Waals surface area (Å²) in [5.41, 5.74) is 16.3. The molecule has 264 valence electrons. The van der Waals surface area contributed by atoms with Crippen LogP contribution in [-0.2, 0) is 0 Å². The highest BCUT2D eigenvalue weighted by Crippen LogP contribution is 2.44. The van der Waals surface area contributed by atoms with Crippen molar-refractivity contribution in [1.82, 2.24) is 4.57 Å². The topological polar surface area (TPSA) is 8.17 Å². The van der Waals surface area contributed by atoms with Crippen LogP contribution in [0.15, 0.2) is 231 Å². The summed E-state index contributed by atoms with van der Waals surface area (Å²) in [7, 11) is 0. The van der Waals surface area contributed by atoms with Crippen LogP contribution in [-0.4, -0.2) is 4.57 Å². The van der Waals surface area contributed by atoms with Gasteiger partial charge < -0.3 is 9.47 Å². The van der Waals surface area contributed by atoms with Crippen molar-refractivity contribution in [3.8, 4) is 50.2 Å². The largest absolute Gasteiger partial charge is 0.310 e. The summed E-state index contributed by atoms with van der Waals surface area (Å²) >= 11 is 0. The summed E-state index contributed by atoms with van der Waals surface area (Å²) in [5.74, 6) is 0. The van der Waals surface area contributed by atoms with Crippen molar-refractivity contribution in [2.24, 2.45) is 0 Å². The lowest BCUT2D eigenvalue weighted by molar-refractivity contribution is 1.18. The predicted molar refractivity (Wildman–Crippen MR) is 237 cm³/mol. The fourth-order valence-corrected chi connectivity index (χ4v) is 8.24. The Morgan fingerprint density at radius 2 is 0.732 bits per heavy atom. The third-order valence-electron chi connectivity index (χ3n) is 10.8. The summed E-state index contributed by atoms with van der Waals surface area (Å²) in [6.07, 6.45) is 0. The molecule has 0 saturated carbocycles. The van der Waals surface area contributed by atoms with Gasteiger partial charge in [0.2, 0.25) is 0 Å². The van der Waals surface area contributed by atoms with E-state index in [0.717, 1.165) is 28.3 Å². The molecule has 0 fully saturated rings. The van der Waals surface area contributed by atoms with Crippen LogP contribution in [0.1, 0.15) is 0 Å². The van der Waals surface area contributed by atoms with E-state index in [9.17, 15) is 0 Å². The standard InChI is InChI=1S/C54H38N2/c1-4-18-39(19-5-1)45-24-10-11-25-46(45)42-32-34-43(35-33-42)55(51-29-15-12-26-47(51)40-20-6-2-7-21-40)44-36-37-50-49-28-14-17-31-53(49)56(54(50)38-44)52-30-16-13-27-48(52)41-22-8-3-9-23-41/h1-38H. The van der Waals surface area contributed by atoms with Gasteiger partial charge in [-0.1, -0.05) is 188 Å². The molecule has 10 aromatic rings. The van der Waals surface area contributed by atoms with Crippen molar-refractivity contribution in [3.05, 3.63) is 231 Å². The predicted octanol–water partition coefficient (Wildman–Crippen LogP) is 14.9. The SMILES string of the molecule is c1ccc(-c2ccccc2-c2ccc(N(c3ccc4c5ccccc5n(-c5ccccc5-c5ccccc5)c4c3)c3ccccc3-c3ccccc3)cc2)cc1. The number of anilines is 3. The lowest BCUT2D eigenvalue weighted by Gasteiger charge is -2.28.